The molecule has 2 rings (SSSR count). The number of carbonyl (C=O) groups is 1. The lowest BCUT2D eigenvalue weighted by molar-refractivity contribution is -0.144. The zero-order valence-electron chi connectivity index (χ0n) is 16.3. The van der Waals surface area contributed by atoms with Crippen LogP contribution in [0.25, 0.3) is 11.5 Å². The molecule has 1 aromatic carbocycles. The van der Waals surface area contributed by atoms with Crippen molar-refractivity contribution in [2.45, 2.75) is 45.1 Å². The van der Waals surface area contributed by atoms with Gasteiger partial charge in [0, 0.05) is 31.7 Å². The summed E-state index contributed by atoms with van der Waals surface area (Å²) in [5.41, 5.74) is 4.65. The molecule has 0 bridgehead atoms. The second kappa shape index (κ2) is 11.6. The quantitative estimate of drug-likeness (QED) is 0.283. The number of hydrazone groups is 1. The molecule has 0 saturated heterocycles. The highest BCUT2D eigenvalue weighted by Crippen LogP contribution is 2.18. The van der Waals surface area contributed by atoms with Gasteiger partial charge in [-0.1, -0.05) is 18.2 Å². The number of benzene rings is 1. The van der Waals surface area contributed by atoms with E-state index in [1.165, 1.54) is 11.3 Å². The van der Waals surface area contributed by atoms with Crippen molar-refractivity contribution < 1.29 is 14.3 Å². The van der Waals surface area contributed by atoms with E-state index < -0.39 is 12.0 Å². The molecular formula is C21H26N4O3. The monoisotopic (exact) mass is 382 g/mol. The molecular weight excluding hydrogens is 356 g/mol. The van der Waals surface area contributed by atoms with Gasteiger partial charge in [0.25, 0.3) is 0 Å². The third-order valence-electron chi connectivity index (χ3n) is 4.03. The highest BCUT2D eigenvalue weighted by molar-refractivity contribution is 5.74. The van der Waals surface area contributed by atoms with E-state index in [2.05, 4.69) is 27.4 Å². The lowest BCUT2D eigenvalue weighted by Crippen LogP contribution is -2.44. The molecule has 0 amide bonds. The molecule has 28 heavy (non-hydrogen) atoms. The number of rotatable bonds is 10. The summed E-state index contributed by atoms with van der Waals surface area (Å²) in [5.74, 6) is 5.66. The van der Waals surface area contributed by atoms with Crippen LogP contribution in [-0.4, -0.2) is 40.5 Å². The normalized spacial score (nSPS) is 11.8. The molecule has 1 atom stereocenters. The smallest absolute Gasteiger partial charge is 0.330 e. The van der Waals surface area contributed by atoms with E-state index in [-0.39, 0.29) is 6.42 Å². The Hall–Kier alpha value is -3.11. The maximum atomic E-state index is 11.4. The van der Waals surface area contributed by atoms with E-state index in [4.69, 9.17) is 4.42 Å². The van der Waals surface area contributed by atoms with Gasteiger partial charge in [-0.25, -0.2) is 20.3 Å². The fourth-order valence-electron chi connectivity index (χ4n) is 2.61. The third-order valence-corrected chi connectivity index (χ3v) is 4.03. The Kier molecular flexibility index (Phi) is 8.76. The van der Waals surface area contributed by atoms with Gasteiger partial charge in [-0.3, -0.25) is 0 Å². The van der Waals surface area contributed by atoms with Crippen LogP contribution in [0.5, 0.6) is 0 Å². The first kappa shape index (κ1) is 21.2. The topological polar surface area (TPSA) is 91.0 Å². The molecule has 0 aliphatic rings. The van der Waals surface area contributed by atoms with E-state index in [9.17, 15) is 9.90 Å². The van der Waals surface area contributed by atoms with Gasteiger partial charge < -0.3 is 9.52 Å². The molecule has 0 spiro atoms. The summed E-state index contributed by atoms with van der Waals surface area (Å²) in [6.45, 7) is 1.73. The summed E-state index contributed by atoms with van der Waals surface area (Å²) >= 11 is 0. The molecule has 7 nitrogen and oxygen atoms in total. The number of hydrogen-bond donors (Lipinski definition) is 2. The number of carboxylic acids is 1. The second-order valence-corrected chi connectivity index (χ2v) is 6.07. The van der Waals surface area contributed by atoms with Crippen LogP contribution in [0, 0.1) is 11.8 Å². The molecule has 7 heteroatoms. The summed E-state index contributed by atoms with van der Waals surface area (Å²) in [5, 5.41) is 14.6. The summed E-state index contributed by atoms with van der Waals surface area (Å²) in [6.07, 6.45) is 6.85. The number of oxazole rings is 1. The van der Waals surface area contributed by atoms with Crippen LogP contribution in [0.4, 0.5) is 0 Å². The lowest BCUT2D eigenvalue weighted by Gasteiger charge is -2.22. The van der Waals surface area contributed by atoms with Crippen LogP contribution in [0.1, 0.15) is 38.3 Å². The minimum absolute atomic E-state index is 0.206. The zero-order chi connectivity index (χ0) is 20.2. The Morgan fingerprint density at radius 1 is 1.36 bits per heavy atom. The lowest BCUT2D eigenvalue weighted by atomic mass is 10.1. The van der Waals surface area contributed by atoms with E-state index in [0.717, 1.165) is 30.5 Å². The molecule has 148 valence electrons. The van der Waals surface area contributed by atoms with Crippen molar-refractivity contribution in [2.24, 2.45) is 5.10 Å². The van der Waals surface area contributed by atoms with Crippen LogP contribution in [0.3, 0.4) is 0 Å². The summed E-state index contributed by atoms with van der Waals surface area (Å²) in [7, 11) is 1.63. The summed E-state index contributed by atoms with van der Waals surface area (Å²) in [4.78, 5) is 15.9. The third kappa shape index (κ3) is 6.56. The van der Waals surface area contributed by atoms with Crippen molar-refractivity contribution in [3.63, 3.8) is 0 Å². The zero-order valence-corrected chi connectivity index (χ0v) is 16.3. The van der Waals surface area contributed by atoms with Crippen molar-refractivity contribution >= 4 is 12.2 Å². The molecule has 0 radical (unpaired) electrons. The molecule has 1 heterocycles. The molecule has 2 aromatic rings. The number of unbranched alkanes of at least 4 members (excludes halogenated alkanes) is 2. The fraction of sp³-hybridized carbons (Fsp3) is 0.381. The molecule has 1 unspecified atom stereocenters. The van der Waals surface area contributed by atoms with E-state index >= 15 is 0 Å². The molecule has 2 N–H and O–H groups in total. The first-order chi connectivity index (χ1) is 13.7. The van der Waals surface area contributed by atoms with Crippen LogP contribution in [0.15, 0.2) is 46.1 Å². The van der Waals surface area contributed by atoms with Gasteiger partial charge >= 0.3 is 5.97 Å². The number of carboxylic acid groups (broad SMARTS) is 1. The van der Waals surface area contributed by atoms with Crippen molar-refractivity contribution in [2.75, 3.05) is 7.05 Å². The Morgan fingerprint density at radius 3 is 2.82 bits per heavy atom. The average Bonchev–Trinajstić information content (AvgIpc) is 3.18. The molecule has 0 fully saturated rings. The van der Waals surface area contributed by atoms with Crippen LogP contribution < -0.4 is 5.43 Å². The van der Waals surface area contributed by atoms with Gasteiger partial charge in [-0.2, -0.15) is 5.10 Å². The number of nitrogens with zero attached hydrogens (tertiary/aromatic N) is 3. The van der Waals surface area contributed by atoms with Crippen molar-refractivity contribution in [1.82, 2.24) is 15.5 Å². The van der Waals surface area contributed by atoms with E-state index in [1.807, 2.05) is 30.3 Å². The Balaban J connectivity index is 1.73. The Labute approximate surface area is 165 Å². The number of aryl methyl sites for hydroxylation is 1. The van der Waals surface area contributed by atoms with Crippen molar-refractivity contribution in [1.29, 1.82) is 0 Å². The number of hydrogen-bond acceptors (Lipinski definition) is 6. The predicted octanol–water partition coefficient (Wildman–Crippen LogP) is 3.34. The molecule has 1 aromatic heterocycles. The summed E-state index contributed by atoms with van der Waals surface area (Å²) < 4.78 is 5.53. The molecule has 0 saturated carbocycles. The van der Waals surface area contributed by atoms with Gasteiger partial charge in [-0.15, -0.1) is 11.8 Å². The maximum absolute atomic E-state index is 11.4. The largest absolute Gasteiger partial charge is 0.480 e. The van der Waals surface area contributed by atoms with Gasteiger partial charge in [0.05, 0.1) is 5.69 Å². The predicted molar refractivity (Wildman–Crippen MR) is 108 cm³/mol. The SMILES string of the molecule is C/C=N\N(NC)C(CC#CCCCCc1coc(-c2ccccc2)n1)C(=O)O. The van der Waals surface area contributed by atoms with Gasteiger partial charge in [0.1, 0.15) is 6.26 Å². The van der Waals surface area contributed by atoms with Crippen LogP contribution in [0.2, 0.25) is 0 Å². The summed E-state index contributed by atoms with van der Waals surface area (Å²) in [6, 6.07) is 8.99. The number of nitrogens with one attached hydrogen (secondary N) is 1. The average molecular weight is 382 g/mol. The minimum atomic E-state index is -0.963. The molecule has 0 aliphatic carbocycles. The van der Waals surface area contributed by atoms with Gasteiger partial charge in [0.2, 0.25) is 5.89 Å². The van der Waals surface area contributed by atoms with Crippen LogP contribution in [-0.2, 0) is 11.2 Å². The fourth-order valence-corrected chi connectivity index (χ4v) is 2.61. The maximum Gasteiger partial charge on any atom is 0.330 e. The highest BCUT2D eigenvalue weighted by atomic mass is 16.4. The van der Waals surface area contributed by atoms with Gasteiger partial charge in [-0.05, 0) is 38.3 Å². The van der Waals surface area contributed by atoms with Crippen LogP contribution >= 0.6 is 0 Å². The first-order valence-corrected chi connectivity index (χ1v) is 9.29. The number of aromatic nitrogens is 1. The number of aliphatic carboxylic acids is 1. The van der Waals surface area contributed by atoms with E-state index in [0.29, 0.717) is 12.3 Å². The van der Waals surface area contributed by atoms with E-state index in [1.54, 1.807) is 20.2 Å². The second-order valence-electron chi connectivity index (χ2n) is 6.07. The first-order valence-electron chi connectivity index (χ1n) is 9.29. The highest BCUT2D eigenvalue weighted by Gasteiger charge is 2.22. The van der Waals surface area contributed by atoms with Crippen molar-refractivity contribution in [3.05, 3.63) is 42.3 Å². The standard InChI is InChI=1S/C21H26N4O3/c1-3-23-25(22-2)19(21(26)27)15-11-6-4-5-10-14-18-16-28-20(24-18)17-12-8-7-9-13-17/h3,7-9,12-13,16,19,22H,4-5,10,14-15H2,1-2H3,(H,26,27)/b23-3-. The minimum Gasteiger partial charge on any atom is -0.480 e. The Morgan fingerprint density at radius 2 is 2.14 bits per heavy atom. The van der Waals surface area contributed by atoms with Crippen molar-refractivity contribution in [3.8, 4) is 23.3 Å². The molecule has 0 aliphatic heterocycles. The Bertz CT molecular complexity index is 821. The number of hydrazine groups is 1. The van der Waals surface area contributed by atoms with Gasteiger partial charge in [0.15, 0.2) is 6.04 Å².